The zero-order valence-corrected chi connectivity index (χ0v) is 39.5. The molecule has 0 N–H and O–H groups in total. The minimum absolute atomic E-state index is 0.447. The van der Waals surface area contributed by atoms with Crippen molar-refractivity contribution in [2.45, 2.75) is 58.8 Å². The van der Waals surface area contributed by atoms with E-state index in [0.29, 0.717) is 5.92 Å². The molecule has 69 heavy (non-hydrogen) atoms. The fraction of sp³-hybridized carbons (Fsp3) is 0.138. The highest BCUT2D eigenvalue weighted by Gasteiger charge is 2.23. The molecular formula is C65H54N4. The molecule has 1 atom stereocenters. The minimum atomic E-state index is 0.447. The summed E-state index contributed by atoms with van der Waals surface area (Å²) in [5.74, 6) is 1.17. The van der Waals surface area contributed by atoms with E-state index >= 15 is 0 Å². The van der Waals surface area contributed by atoms with E-state index in [1.54, 1.807) is 0 Å². The molecule has 0 fully saturated rings. The number of allylic oxidation sites excluding steroid dienone is 1. The van der Waals surface area contributed by atoms with Gasteiger partial charge in [0.2, 0.25) is 0 Å². The Morgan fingerprint density at radius 2 is 1.19 bits per heavy atom. The fourth-order valence-corrected chi connectivity index (χ4v) is 11.3. The van der Waals surface area contributed by atoms with Gasteiger partial charge in [0.25, 0.3) is 0 Å². The Morgan fingerprint density at radius 1 is 0.536 bits per heavy atom. The van der Waals surface area contributed by atoms with E-state index in [9.17, 15) is 0 Å². The lowest BCUT2D eigenvalue weighted by Gasteiger charge is -2.20. The van der Waals surface area contributed by atoms with Gasteiger partial charge in [0, 0.05) is 61.0 Å². The highest BCUT2D eigenvalue weighted by molar-refractivity contribution is 6.11. The van der Waals surface area contributed by atoms with Crippen molar-refractivity contribution in [3.8, 4) is 56.4 Å². The molecule has 1 unspecified atom stereocenters. The molecule has 4 heteroatoms. The Morgan fingerprint density at radius 3 is 1.94 bits per heavy atom. The summed E-state index contributed by atoms with van der Waals surface area (Å²) in [4.78, 5) is 10.9. The van der Waals surface area contributed by atoms with Crippen LogP contribution in [0.5, 0.6) is 0 Å². The number of nitrogens with zero attached hydrogens (tertiary/aromatic N) is 4. The number of aryl methyl sites for hydroxylation is 1. The Balaban J connectivity index is 0.980. The van der Waals surface area contributed by atoms with Crippen molar-refractivity contribution in [3.63, 3.8) is 0 Å². The van der Waals surface area contributed by atoms with Gasteiger partial charge in [-0.1, -0.05) is 184 Å². The topological polar surface area (TPSA) is 35.6 Å². The van der Waals surface area contributed by atoms with E-state index in [0.717, 1.165) is 82.9 Å². The van der Waals surface area contributed by atoms with Gasteiger partial charge in [-0.3, -0.25) is 0 Å². The number of hydrogen-bond acceptors (Lipinski definition) is 2. The van der Waals surface area contributed by atoms with Crippen LogP contribution < -0.4 is 0 Å². The number of aromatic nitrogens is 4. The highest BCUT2D eigenvalue weighted by atomic mass is 15.0. The predicted molar refractivity (Wildman–Crippen MR) is 290 cm³/mol. The van der Waals surface area contributed by atoms with Crippen LogP contribution in [0, 0.1) is 6.92 Å². The monoisotopic (exact) mass is 890 g/mol. The summed E-state index contributed by atoms with van der Waals surface area (Å²) < 4.78 is 4.92. The van der Waals surface area contributed by atoms with Gasteiger partial charge in [0.1, 0.15) is 0 Å². The molecule has 8 aromatic carbocycles. The zero-order valence-electron chi connectivity index (χ0n) is 39.5. The fourth-order valence-electron chi connectivity index (χ4n) is 11.3. The van der Waals surface area contributed by atoms with Crippen LogP contribution in [0.2, 0.25) is 0 Å². The summed E-state index contributed by atoms with van der Waals surface area (Å²) in [5, 5.41) is 3.80. The molecule has 0 spiro atoms. The lowest BCUT2D eigenvalue weighted by molar-refractivity contribution is 0.661. The molecule has 0 saturated carbocycles. The van der Waals surface area contributed by atoms with Crippen molar-refractivity contribution in [1.29, 1.82) is 0 Å². The SMILES string of the molecule is CCc1c(-c2ccccc2)nc(-c2cccc(-n3c4c(c5ccccc53)C=CCC4)c2)nc1-c1ccc(-n2c3ccccc3c3ccc(-c4ccccc4CC(CC)c4ccccc4)c(C)c32)cc1. The molecule has 3 aromatic heterocycles. The lowest BCUT2D eigenvalue weighted by atomic mass is 9.85. The first kappa shape index (κ1) is 42.3. The standard InChI is InChI=1S/C65H54N4/c1-4-44(45-21-8-6-9-22-45)41-48-25-12-13-28-54(48)53-39-40-58-57-31-16-19-34-61(57)69(64(58)43(53)3)50-37-35-47(36-38-50)63-52(5-2)62(46-23-10-7-11-24-46)66-65(67-63)49-26-20-27-51(42-49)68-59-32-17-14-29-55(59)56-30-15-18-33-60(56)68/h6-17,19-32,34-40,42,44H,4-5,18,33,41H2,1-3H3. The third-order valence-corrected chi connectivity index (χ3v) is 14.6. The van der Waals surface area contributed by atoms with Crippen LogP contribution in [-0.4, -0.2) is 19.1 Å². The first-order valence-electron chi connectivity index (χ1n) is 24.7. The zero-order chi connectivity index (χ0) is 46.4. The smallest absolute Gasteiger partial charge is 0.160 e. The second-order valence-electron chi connectivity index (χ2n) is 18.6. The molecule has 3 heterocycles. The average molecular weight is 891 g/mol. The summed E-state index contributed by atoms with van der Waals surface area (Å²) >= 11 is 0. The molecule has 0 amide bonds. The van der Waals surface area contributed by atoms with Gasteiger partial charge < -0.3 is 9.13 Å². The third kappa shape index (κ3) is 7.39. The number of rotatable bonds is 11. The van der Waals surface area contributed by atoms with Crippen molar-refractivity contribution >= 4 is 38.8 Å². The molecule has 4 nitrogen and oxygen atoms in total. The van der Waals surface area contributed by atoms with Gasteiger partial charge in [-0.05, 0) is 109 Å². The number of fused-ring (bicyclic) bond motifs is 6. The molecule has 1 aliphatic rings. The van der Waals surface area contributed by atoms with E-state index in [-0.39, 0.29) is 0 Å². The van der Waals surface area contributed by atoms with Crippen molar-refractivity contribution in [2.75, 3.05) is 0 Å². The second kappa shape index (κ2) is 17.9. The van der Waals surface area contributed by atoms with Crippen LogP contribution in [0.25, 0.3) is 95.2 Å². The van der Waals surface area contributed by atoms with Crippen LogP contribution in [0.4, 0.5) is 0 Å². The summed E-state index contributed by atoms with van der Waals surface area (Å²) in [5.41, 5.74) is 21.5. The number of para-hydroxylation sites is 2. The van der Waals surface area contributed by atoms with Crippen LogP contribution in [-0.2, 0) is 19.3 Å². The summed E-state index contributed by atoms with van der Waals surface area (Å²) in [7, 11) is 0. The van der Waals surface area contributed by atoms with E-state index in [2.05, 4.69) is 236 Å². The van der Waals surface area contributed by atoms with Gasteiger partial charge in [0.15, 0.2) is 5.82 Å². The summed E-state index contributed by atoms with van der Waals surface area (Å²) in [6.45, 7) is 6.84. The lowest BCUT2D eigenvalue weighted by Crippen LogP contribution is -2.05. The van der Waals surface area contributed by atoms with E-state index in [1.807, 2.05) is 0 Å². The van der Waals surface area contributed by atoms with E-state index < -0.39 is 0 Å². The Hall–Kier alpha value is -8.08. The quantitative estimate of drug-likeness (QED) is 0.130. The molecule has 334 valence electrons. The Kier molecular flexibility index (Phi) is 10.9. The van der Waals surface area contributed by atoms with Crippen molar-refractivity contribution in [3.05, 3.63) is 234 Å². The van der Waals surface area contributed by atoms with E-state index in [4.69, 9.17) is 9.97 Å². The third-order valence-electron chi connectivity index (χ3n) is 14.6. The van der Waals surface area contributed by atoms with Gasteiger partial charge in [-0.2, -0.15) is 0 Å². The molecule has 0 radical (unpaired) electrons. The largest absolute Gasteiger partial charge is 0.313 e. The van der Waals surface area contributed by atoms with Gasteiger partial charge in [-0.15, -0.1) is 0 Å². The number of benzene rings is 8. The van der Waals surface area contributed by atoms with Crippen LogP contribution >= 0.6 is 0 Å². The average Bonchev–Trinajstić information content (AvgIpc) is 3.94. The Labute approximate surface area is 404 Å². The van der Waals surface area contributed by atoms with Gasteiger partial charge >= 0.3 is 0 Å². The molecular weight excluding hydrogens is 837 g/mol. The van der Waals surface area contributed by atoms with Crippen LogP contribution in [0.1, 0.15) is 66.1 Å². The predicted octanol–water partition coefficient (Wildman–Crippen LogP) is 16.8. The second-order valence-corrected chi connectivity index (χ2v) is 18.6. The summed E-state index contributed by atoms with van der Waals surface area (Å²) in [6.07, 6.45) is 9.50. The van der Waals surface area contributed by atoms with Crippen molar-refractivity contribution in [1.82, 2.24) is 19.1 Å². The Bertz CT molecular complexity index is 3720. The van der Waals surface area contributed by atoms with Crippen molar-refractivity contribution < 1.29 is 0 Å². The first-order valence-corrected chi connectivity index (χ1v) is 24.7. The van der Waals surface area contributed by atoms with Crippen LogP contribution in [0.3, 0.4) is 0 Å². The maximum atomic E-state index is 5.51. The molecule has 1 aliphatic carbocycles. The van der Waals surface area contributed by atoms with E-state index in [1.165, 1.54) is 71.8 Å². The van der Waals surface area contributed by atoms with Gasteiger partial charge in [-0.25, -0.2) is 9.97 Å². The van der Waals surface area contributed by atoms with Crippen molar-refractivity contribution in [2.24, 2.45) is 0 Å². The number of hydrogen-bond donors (Lipinski definition) is 0. The normalized spacial score (nSPS) is 12.8. The molecule has 0 aliphatic heterocycles. The molecule has 0 bridgehead atoms. The highest BCUT2D eigenvalue weighted by Crippen LogP contribution is 2.42. The van der Waals surface area contributed by atoms with Gasteiger partial charge in [0.05, 0.1) is 27.9 Å². The maximum absolute atomic E-state index is 5.51. The van der Waals surface area contributed by atoms with Crippen LogP contribution in [0.15, 0.2) is 200 Å². The minimum Gasteiger partial charge on any atom is -0.313 e. The first-order chi connectivity index (χ1) is 34.1. The maximum Gasteiger partial charge on any atom is 0.160 e. The molecule has 0 saturated heterocycles. The molecule has 12 rings (SSSR count). The summed E-state index contributed by atoms with van der Waals surface area (Å²) in [6, 6.07) is 70.9. The molecule has 11 aromatic rings.